The molecule has 0 N–H and O–H groups in total. The maximum absolute atomic E-state index is 6.29. The highest BCUT2D eigenvalue weighted by atomic mass is 35.5. The van der Waals surface area contributed by atoms with E-state index in [0.717, 1.165) is 10.6 Å². The van der Waals surface area contributed by atoms with Gasteiger partial charge in [-0.2, -0.15) is 0 Å². The van der Waals surface area contributed by atoms with E-state index in [1.807, 2.05) is 18.2 Å². The number of hydrogen-bond donors (Lipinski definition) is 0. The monoisotopic (exact) mass is 429 g/mol. The van der Waals surface area contributed by atoms with Crippen molar-refractivity contribution in [3.63, 3.8) is 0 Å². The molecule has 0 radical (unpaired) electrons. The lowest BCUT2D eigenvalue weighted by Gasteiger charge is -2.12. The normalized spacial score (nSPS) is 11.3. The summed E-state index contributed by atoms with van der Waals surface area (Å²) in [5.41, 5.74) is 8.31. The van der Waals surface area contributed by atoms with E-state index in [0.29, 0.717) is 0 Å². The minimum Gasteiger partial charge on any atom is -0.309 e. The molecule has 0 unspecified atom stereocenters. The zero-order chi connectivity index (χ0) is 21.5. The number of benzene rings is 5. The van der Waals surface area contributed by atoms with Crippen LogP contribution in [0.3, 0.4) is 0 Å². The fraction of sp³-hybridized carbons (Fsp3) is 0. The fourth-order valence-corrected chi connectivity index (χ4v) is 4.83. The minimum atomic E-state index is 0.749. The molecule has 0 atom stereocenters. The Morgan fingerprint density at radius 1 is 0.469 bits per heavy atom. The summed E-state index contributed by atoms with van der Waals surface area (Å²) in [4.78, 5) is 0. The van der Waals surface area contributed by atoms with Crippen molar-refractivity contribution in [1.82, 2.24) is 4.57 Å². The van der Waals surface area contributed by atoms with Crippen LogP contribution in [0.2, 0.25) is 5.02 Å². The summed E-state index contributed by atoms with van der Waals surface area (Å²) >= 11 is 6.29. The minimum absolute atomic E-state index is 0.749. The van der Waals surface area contributed by atoms with Gasteiger partial charge in [0.2, 0.25) is 0 Å². The van der Waals surface area contributed by atoms with E-state index >= 15 is 0 Å². The first-order valence-electron chi connectivity index (χ1n) is 10.7. The van der Waals surface area contributed by atoms with Gasteiger partial charge in [-0.1, -0.05) is 90.5 Å². The summed E-state index contributed by atoms with van der Waals surface area (Å²) in [5.74, 6) is 0. The Hall–Kier alpha value is -3.81. The molecule has 1 nitrogen and oxygen atoms in total. The molecule has 2 heteroatoms. The lowest BCUT2D eigenvalue weighted by atomic mass is 9.94. The van der Waals surface area contributed by atoms with Crippen molar-refractivity contribution < 1.29 is 0 Å². The maximum atomic E-state index is 6.29. The first-order valence-corrected chi connectivity index (χ1v) is 11.1. The molecule has 0 bridgehead atoms. The second kappa shape index (κ2) is 7.71. The molecular formula is C30H20ClN. The van der Waals surface area contributed by atoms with Crippen LogP contribution in [0, 0.1) is 0 Å². The molecule has 32 heavy (non-hydrogen) atoms. The predicted molar refractivity (Wildman–Crippen MR) is 137 cm³/mol. The summed E-state index contributed by atoms with van der Waals surface area (Å²) in [6.07, 6.45) is 0. The summed E-state index contributed by atoms with van der Waals surface area (Å²) < 4.78 is 2.34. The van der Waals surface area contributed by atoms with Gasteiger partial charge in [-0.3, -0.25) is 0 Å². The molecule has 6 rings (SSSR count). The summed E-state index contributed by atoms with van der Waals surface area (Å²) in [7, 11) is 0. The van der Waals surface area contributed by atoms with Gasteiger partial charge in [-0.15, -0.1) is 0 Å². The number of nitrogens with zero attached hydrogens (tertiary/aromatic N) is 1. The zero-order valence-electron chi connectivity index (χ0n) is 17.4. The number of hydrogen-bond acceptors (Lipinski definition) is 0. The van der Waals surface area contributed by atoms with Crippen LogP contribution in [0.5, 0.6) is 0 Å². The van der Waals surface area contributed by atoms with Crippen molar-refractivity contribution in [1.29, 1.82) is 0 Å². The third-order valence-electron chi connectivity index (χ3n) is 6.06. The molecule has 0 fully saturated rings. The Kier molecular flexibility index (Phi) is 4.56. The SMILES string of the molecule is Clc1cccc(-c2ccccc2-c2ccc3c(c2)c2ccccc2n3-c2ccccc2)c1. The summed E-state index contributed by atoms with van der Waals surface area (Å²) in [5, 5.41) is 3.26. The Labute approximate surface area is 192 Å². The van der Waals surface area contributed by atoms with E-state index in [1.165, 1.54) is 44.2 Å². The highest BCUT2D eigenvalue weighted by Crippen LogP contribution is 2.38. The number of aromatic nitrogens is 1. The van der Waals surface area contributed by atoms with Gasteiger partial charge in [-0.25, -0.2) is 0 Å². The molecule has 0 aliphatic rings. The van der Waals surface area contributed by atoms with Crippen LogP contribution < -0.4 is 0 Å². The second-order valence-corrected chi connectivity index (χ2v) is 8.41. The third-order valence-corrected chi connectivity index (χ3v) is 6.30. The molecule has 1 heterocycles. The van der Waals surface area contributed by atoms with Crippen LogP contribution in [-0.4, -0.2) is 4.57 Å². The van der Waals surface area contributed by atoms with Crippen LogP contribution in [0.25, 0.3) is 49.7 Å². The molecule has 5 aromatic carbocycles. The smallest absolute Gasteiger partial charge is 0.0541 e. The standard InChI is InChI=1S/C30H20ClN/c31-23-10-8-9-21(19-23)25-13-4-5-14-26(25)22-17-18-30-28(20-22)27-15-6-7-16-29(27)32(30)24-11-2-1-3-12-24/h1-20H. The fourth-order valence-electron chi connectivity index (χ4n) is 4.64. The number of rotatable bonds is 3. The van der Waals surface area contributed by atoms with Crippen LogP contribution in [0.4, 0.5) is 0 Å². The van der Waals surface area contributed by atoms with Crippen molar-refractivity contribution in [2.45, 2.75) is 0 Å². The van der Waals surface area contributed by atoms with E-state index in [4.69, 9.17) is 11.6 Å². The van der Waals surface area contributed by atoms with Crippen LogP contribution in [0.1, 0.15) is 0 Å². The number of para-hydroxylation sites is 2. The van der Waals surface area contributed by atoms with Crippen molar-refractivity contribution in [2.24, 2.45) is 0 Å². The van der Waals surface area contributed by atoms with Gasteiger partial charge in [0.05, 0.1) is 11.0 Å². The predicted octanol–water partition coefficient (Wildman–Crippen LogP) is 8.77. The van der Waals surface area contributed by atoms with Gasteiger partial charge in [0, 0.05) is 21.5 Å². The topological polar surface area (TPSA) is 4.93 Å². The lowest BCUT2D eigenvalue weighted by Crippen LogP contribution is -1.93. The average Bonchev–Trinajstić information content (AvgIpc) is 3.18. The van der Waals surface area contributed by atoms with Crippen molar-refractivity contribution >= 4 is 33.4 Å². The van der Waals surface area contributed by atoms with E-state index in [-0.39, 0.29) is 0 Å². The molecular weight excluding hydrogens is 410 g/mol. The molecule has 6 aromatic rings. The molecule has 0 saturated heterocycles. The zero-order valence-corrected chi connectivity index (χ0v) is 18.1. The number of halogens is 1. The van der Waals surface area contributed by atoms with Gasteiger partial charge >= 0.3 is 0 Å². The van der Waals surface area contributed by atoms with E-state index < -0.39 is 0 Å². The van der Waals surface area contributed by atoms with Crippen molar-refractivity contribution in [3.8, 4) is 27.9 Å². The first-order chi connectivity index (χ1) is 15.8. The highest BCUT2D eigenvalue weighted by molar-refractivity contribution is 6.30. The van der Waals surface area contributed by atoms with Gasteiger partial charge < -0.3 is 4.57 Å². The van der Waals surface area contributed by atoms with Crippen molar-refractivity contribution in [3.05, 3.63) is 126 Å². The highest BCUT2D eigenvalue weighted by Gasteiger charge is 2.14. The van der Waals surface area contributed by atoms with E-state index in [2.05, 4.69) is 108 Å². The Balaban J connectivity index is 1.61. The van der Waals surface area contributed by atoms with Crippen molar-refractivity contribution in [2.75, 3.05) is 0 Å². The van der Waals surface area contributed by atoms with Crippen LogP contribution in [-0.2, 0) is 0 Å². The Bertz CT molecular complexity index is 1580. The number of fused-ring (bicyclic) bond motifs is 3. The van der Waals surface area contributed by atoms with Gasteiger partial charge in [0.25, 0.3) is 0 Å². The molecule has 0 amide bonds. The molecule has 0 spiro atoms. The summed E-state index contributed by atoms with van der Waals surface area (Å²) in [6.45, 7) is 0. The van der Waals surface area contributed by atoms with E-state index in [9.17, 15) is 0 Å². The van der Waals surface area contributed by atoms with E-state index in [1.54, 1.807) is 0 Å². The summed E-state index contributed by atoms with van der Waals surface area (Å²) in [6, 6.07) is 42.6. The van der Waals surface area contributed by atoms with Gasteiger partial charge in [0.15, 0.2) is 0 Å². The quantitative estimate of drug-likeness (QED) is 0.265. The Morgan fingerprint density at radius 3 is 1.91 bits per heavy atom. The largest absolute Gasteiger partial charge is 0.309 e. The molecule has 0 saturated carbocycles. The van der Waals surface area contributed by atoms with Gasteiger partial charge in [0.1, 0.15) is 0 Å². The molecule has 1 aromatic heterocycles. The first kappa shape index (κ1) is 18.9. The third kappa shape index (κ3) is 3.10. The van der Waals surface area contributed by atoms with Crippen LogP contribution >= 0.6 is 11.6 Å². The molecule has 152 valence electrons. The molecule has 0 aliphatic heterocycles. The second-order valence-electron chi connectivity index (χ2n) is 7.98. The maximum Gasteiger partial charge on any atom is 0.0541 e. The van der Waals surface area contributed by atoms with Gasteiger partial charge in [-0.05, 0) is 64.7 Å². The lowest BCUT2D eigenvalue weighted by molar-refractivity contribution is 1.18. The Morgan fingerprint density at radius 2 is 1.12 bits per heavy atom. The molecule has 0 aliphatic carbocycles. The average molecular weight is 430 g/mol. The van der Waals surface area contributed by atoms with Crippen LogP contribution in [0.15, 0.2) is 121 Å².